The van der Waals surface area contributed by atoms with Crippen LogP contribution in [-0.2, 0) is 11.0 Å². The van der Waals surface area contributed by atoms with E-state index in [4.69, 9.17) is 0 Å². The van der Waals surface area contributed by atoms with Gasteiger partial charge < -0.3 is 5.11 Å². The Bertz CT molecular complexity index is 752. The summed E-state index contributed by atoms with van der Waals surface area (Å²) in [5.74, 6) is -1.55. The molecule has 0 saturated heterocycles. The molecule has 0 bridgehead atoms. The van der Waals surface area contributed by atoms with Gasteiger partial charge in [-0.15, -0.1) is 0 Å². The average Bonchev–Trinajstić information content (AvgIpc) is 3.11. The van der Waals surface area contributed by atoms with Crippen LogP contribution in [0.4, 0.5) is 26.3 Å². The van der Waals surface area contributed by atoms with Crippen molar-refractivity contribution < 1.29 is 36.2 Å². The van der Waals surface area contributed by atoms with E-state index in [2.05, 4.69) is 10.2 Å². The molecule has 1 N–H and O–H groups in total. The zero-order chi connectivity index (χ0) is 19.5. The van der Waals surface area contributed by atoms with E-state index in [1.54, 1.807) is 0 Å². The highest BCUT2D eigenvalue weighted by Crippen LogP contribution is 2.44. The summed E-state index contributed by atoms with van der Waals surface area (Å²) in [6.07, 6.45) is -8.98. The van der Waals surface area contributed by atoms with E-state index in [0.29, 0.717) is 12.8 Å². The Kier molecular flexibility index (Phi) is 4.09. The molecule has 2 unspecified atom stereocenters. The molecular formula is C14H14F6N4O2. The van der Waals surface area contributed by atoms with Gasteiger partial charge in [0, 0.05) is 24.2 Å². The number of nitrogens with zero attached hydrogens (tertiary/aromatic N) is 4. The first-order valence-corrected chi connectivity index (χ1v) is 7.68. The molecule has 1 aromatic rings. The van der Waals surface area contributed by atoms with Gasteiger partial charge in [-0.1, -0.05) is 0 Å². The standard InChI is InChI=1S/C14H14F6N4O2/c1-7(11(25)24-12(26,4-5-21-24)14(18,19)20)23-9(8-2-3-8)6-10(22-23)13(15,16)17/h5-8,26H,2-4H2,1H3. The minimum atomic E-state index is -5.18. The molecule has 2 atom stereocenters. The van der Waals surface area contributed by atoms with Crippen molar-refractivity contribution >= 4 is 12.1 Å². The predicted molar refractivity (Wildman–Crippen MR) is 74.9 cm³/mol. The summed E-state index contributed by atoms with van der Waals surface area (Å²) >= 11 is 0. The number of aliphatic hydroxyl groups is 1. The lowest BCUT2D eigenvalue weighted by Gasteiger charge is -2.34. The number of rotatable bonds is 3. The third-order valence-electron chi connectivity index (χ3n) is 4.36. The summed E-state index contributed by atoms with van der Waals surface area (Å²) in [7, 11) is 0. The number of alkyl halides is 6. The van der Waals surface area contributed by atoms with Crippen LogP contribution in [-0.4, -0.2) is 43.9 Å². The Morgan fingerprint density at radius 2 is 1.92 bits per heavy atom. The first kappa shape index (κ1) is 18.7. The van der Waals surface area contributed by atoms with Crippen LogP contribution in [0, 0.1) is 0 Å². The molecular weight excluding hydrogens is 370 g/mol. The lowest BCUT2D eigenvalue weighted by Crippen LogP contribution is -2.57. The van der Waals surface area contributed by atoms with E-state index in [1.165, 1.54) is 0 Å². The van der Waals surface area contributed by atoms with E-state index in [1.807, 2.05) is 0 Å². The Morgan fingerprint density at radius 3 is 2.42 bits per heavy atom. The maximum atomic E-state index is 13.1. The lowest BCUT2D eigenvalue weighted by molar-refractivity contribution is -0.302. The molecule has 1 aromatic heterocycles. The third-order valence-corrected chi connectivity index (χ3v) is 4.36. The Hall–Kier alpha value is -2.11. The first-order valence-electron chi connectivity index (χ1n) is 7.68. The van der Waals surface area contributed by atoms with Gasteiger partial charge >= 0.3 is 12.4 Å². The second-order valence-electron chi connectivity index (χ2n) is 6.31. The van der Waals surface area contributed by atoms with Crippen molar-refractivity contribution in [2.45, 2.75) is 56.2 Å². The van der Waals surface area contributed by atoms with Crippen LogP contribution in [0.25, 0.3) is 0 Å². The second kappa shape index (κ2) is 5.69. The van der Waals surface area contributed by atoms with Gasteiger partial charge in [-0.05, 0) is 25.8 Å². The van der Waals surface area contributed by atoms with Crippen molar-refractivity contribution in [2.24, 2.45) is 5.10 Å². The Balaban J connectivity index is 1.94. The van der Waals surface area contributed by atoms with Gasteiger partial charge in [0.1, 0.15) is 6.04 Å². The molecule has 1 aliphatic heterocycles. The molecule has 1 saturated carbocycles. The van der Waals surface area contributed by atoms with E-state index < -0.39 is 42.1 Å². The van der Waals surface area contributed by atoms with Crippen LogP contribution in [0.15, 0.2) is 11.2 Å². The number of hydrogen-bond acceptors (Lipinski definition) is 4. The average molecular weight is 384 g/mol. The molecule has 1 aliphatic carbocycles. The maximum Gasteiger partial charge on any atom is 0.438 e. The smallest absolute Gasteiger partial charge is 0.362 e. The van der Waals surface area contributed by atoms with E-state index >= 15 is 0 Å². The van der Waals surface area contributed by atoms with Crippen molar-refractivity contribution in [3.05, 3.63) is 17.5 Å². The lowest BCUT2D eigenvalue weighted by atomic mass is 10.1. The van der Waals surface area contributed by atoms with Gasteiger partial charge in [0.2, 0.25) is 0 Å². The van der Waals surface area contributed by atoms with Crippen LogP contribution in [0.5, 0.6) is 0 Å². The fourth-order valence-electron chi connectivity index (χ4n) is 2.73. The van der Waals surface area contributed by atoms with Crippen LogP contribution in [0.1, 0.15) is 49.5 Å². The molecule has 2 heterocycles. The summed E-state index contributed by atoms with van der Waals surface area (Å²) in [5.41, 5.74) is -4.63. The van der Waals surface area contributed by atoms with E-state index in [0.717, 1.165) is 23.9 Å². The number of hydrogen-bond donors (Lipinski definition) is 1. The van der Waals surface area contributed by atoms with Crippen LogP contribution < -0.4 is 0 Å². The van der Waals surface area contributed by atoms with Gasteiger partial charge in [0.15, 0.2) is 5.69 Å². The molecule has 2 aliphatic rings. The molecule has 0 aromatic carbocycles. The van der Waals surface area contributed by atoms with Gasteiger partial charge in [-0.2, -0.15) is 41.6 Å². The number of amides is 1. The highest BCUT2D eigenvalue weighted by Gasteiger charge is 2.62. The molecule has 1 amide bonds. The SMILES string of the molecule is CC(C(=O)N1N=CCC1(O)C(F)(F)F)n1nc(C(F)(F)F)cc1C1CC1. The summed E-state index contributed by atoms with van der Waals surface area (Å²) in [5, 5.41) is 16.3. The molecule has 0 radical (unpaired) electrons. The number of carbonyl (C=O) groups excluding carboxylic acids is 1. The monoisotopic (exact) mass is 384 g/mol. The molecule has 6 nitrogen and oxygen atoms in total. The predicted octanol–water partition coefficient (Wildman–Crippen LogP) is 2.81. The van der Waals surface area contributed by atoms with Crippen molar-refractivity contribution in [3.8, 4) is 0 Å². The number of aromatic nitrogens is 2. The highest BCUT2D eigenvalue weighted by atomic mass is 19.4. The number of hydrazone groups is 1. The minimum Gasteiger partial charge on any atom is -0.362 e. The van der Waals surface area contributed by atoms with Gasteiger partial charge in [0.25, 0.3) is 11.6 Å². The van der Waals surface area contributed by atoms with Gasteiger partial charge in [-0.3, -0.25) is 9.48 Å². The maximum absolute atomic E-state index is 13.1. The van der Waals surface area contributed by atoms with E-state index in [-0.39, 0.29) is 16.6 Å². The number of carbonyl (C=O) groups is 1. The normalized spacial score (nSPS) is 25.0. The quantitative estimate of drug-likeness (QED) is 0.815. The zero-order valence-electron chi connectivity index (χ0n) is 13.3. The van der Waals surface area contributed by atoms with Crippen LogP contribution >= 0.6 is 0 Å². The summed E-state index contributed by atoms with van der Waals surface area (Å²) in [4.78, 5) is 12.5. The zero-order valence-corrected chi connectivity index (χ0v) is 13.3. The summed E-state index contributed by atoms with van der Waals surface area (Å²) in [6, 6.07) is -0.712. The third kappa shape index (κ3) is 2.95. The molecule has 26 heavy (non-hydrogen) atoms. The first-order chi connectivity index (χ1) is 11.9. The van der Waals surface area contributed by atoms with Crippen molar-refractivity contribution in [1.82, 2.24) is 14.8 Å². The van der Waals surface area contributed by atoms with Crippen LogP contribution in [0.3, 0.4) is 0 Å². The summed E-state index contributed by atoms with van der Waals surface area (Å²) < 4.78 is 78.9. The molecule has 12 heteroatoms. The van der Waals surface area contributed by atoms with Crippen molar-refractivity contribution in [3.63, 3.8) is 0 Å². The Labute approximate surface area is 143 Å². The number of halogens is 6. The minimum absolute atomic E-state index is 0.122. The molecule has 1 fully saturated rings. The summed E-state index contributed by atoms with van der Waals surface area (Å²) in [6.45, 7) is 1.12. The molecule has 0 spiro atoms. The largest absolute Gasteiger partial charge is 0.438 e. The fourth-order valence-corrected chi connectivity index (χ4v) is 2.73. The van der Waals surface area contributed by atoms with Gasteiger partial charge in [0.05, 0.1) is 0 Å². The van der Waals surface area contributed by atoms with E-state index in [9.17, 15) is 36.2 Å². The van der Waals surface area contributed by atoms with Crippen molar-refractivity contribution in [1.29, 1.82) is 0 Å². The molecule has 3 rings (SSSR count). The second-order valence-corrected chi connectivity index (χ2v) is 6.31. The molecule has 144 valence electrons. The van der Waals surface area contributed by atoms with Gasteiger partial charge in [-0.25, -0.2) is 0 Å². The van der Waals surface area contributed by atoms with Crippen LogP contribution in [0.2, 0.25) is 0 Å². The van der Waals surface area contributed by atoms with Crippen molar-refractivity contribution in [2.75, 3.05) is 0 Å². The topological polar surface area (TPSA) is 70.7 Å². The fraction of sp³-hybridized carbons (Fsp3) is 0.643. The Morgan fingerprint density at radius 1 is 1.31 bits per heavy atom. The highest BCUT2D eigenvalue weighted by molar-refractivity contribution is 5.83.